The van der Waals surface area contributed by atoms with E-state index in [2.05, 4.69) is 0 Å². The molecule has 4 heterocycles. The van der Waals surface area contributed by atoms with Gasteiger partial charge in [-0.15, -0.1) is 0 Å². The molecule has 2 aromatic rings. The molecule has 2 atom stereocenters. The predicted molar refractivity (Wildman–Crippen MR) is 95.4 cm³/mol. The Bertz CT molecular complexity index is 758. The second-order valence-electron chi connectivity index (χ2n) is 6.09. The summed E-state index contributed by atoms with van der Waals surface area (Å²) in [4.78, 5) is 1.99. The maximum atomic E-state index is 6.21. The quantitative estimate of drug-likeness (QED) is 0.677. The molecule has 0 N–H and O–H groups in total. The van der Waals surface area contributed by atoms with Gasteiger partial charge < -0.3 is 28.4 Å². The van der Waals surface area contributed by atoms with Gasteiger partial charge in [0, 0.05) is 24.3 Å². The van der Waals surface area contributed by atoms with E-state index in [9.17, 15) is 0 Å². The summed E-state index contributed by atoms with van der Waals surface area (Å²) in [5, 5.41) is 0. The van der Waals surface area contributed by atoms with Gasteiger partial charge in [0.25, 0.3) is 0 Å². The van der Waals surface area contributed by atoms with Gasteiger partial charge in [0.1, 0.15) is 37.9 Å². The highest BCUT2D eigenvalue weighted by Gasteiger charge is 2.39. The number of thioether (sulfide) groups is 2. The van der Waals surface area contributed by atoms with Gasteiger partial charge in [0.2, 0.25) is 0 Å². The van der Waals surface area contributed by atoms with Crippen molar-refractivity contribution in [3.8, 4) is 34.5 Å². The molecule has 6 nitrogen and oxygen atoms in total. The molecule has 8 heteroatoms. The minimum Gasteiger partial charge on any atom is -0.486 e. The van der Waals surface area contributed by atoms with Gasteiger partial charge in [0.05, 0.1) is 9.79 Å². The van der Waals surface area contributed by atoms with E-state index in [1.165, 1.54) is 0 Å². The van der Waals surface area contributed by atoms with Crippen LogP contribution in [0.1, 0.15) is 0 Å². The first-order chi connectivity index (χ1) is 12.8. The molecule has 0 amide bonds. The second-order valence-corrected chi connectivity index (χ2v) is 8.37. The molecule has 0 radical (unpaired) electrons. The number of rotatable bonds is 0. The Morgan fingerprint density at radius 3 is 1.35 bits per heavy atom. The highest BCUT2D eigenvalue weighted by Crippen LogP contribution is 2.54. The SMILES string of the molecule is c1c2c(cc3c1OC1Sc4cc5c(cc4OC1S3)OCCO5)OCCO2. The van der Waals surface area contributed by atoms with Crippen molar-refractivity contribution in [2.45, 2.75) is 20.7 Å². The number of fused-ring (bicyclic) bond motifs is 5. The van der Waals surface area contributed by atoms with Crippen LogP contribution in [0.4, 0.5) is 0 Å². The first-order valence-corrected chi connectivity index (χ1v) is 10.1. The van der Waals surface area contributed by atoms with E-state index in [1.807, 2.05) is 24.3 Å². The minimum absolute atomic E-state index is 0.148. The Morgan fingerprint density at radius 2 is 0.923 bits per heavy atom. The summed E-state index contributed by atoms with van der Waals surface area (Å²) in [5.41, 5.74) is -0.296. The third-order valence-electron chi connectivity index (χ3n) is 4.41. The molecule has 6 rings (SSSR count). The van der Waals surface area contributed by atoms with Crippen LogP contribution in [-0.2, 0) is 0 Å². The van der Waals surface area contributed by atoms with E-state index in [1.54, 1.807) is 23.5 Å². The van der Waals surface area contributed by atoms with Crippen LogP contribution in [0.3, 0.4) is 0 Å². The van der Waals surface area contributed by atoms with E-state index in [0.29, 0.717) is 26.4 Å². The lowest BCUT2D eigenvalue weighted by molar-refractivity contribution is 0.141. The molecule has 4 aliphatic rings. The highest BCUT2D eigenvalue weighted by molar-refractivity contribution is 8.04. The summed E-state index contributed by atoms with van der Waals surface area (Å²) < 4.78 is 35.1. The Labute approximate surface area is 158 Å². The van der Waals surface area contributed by atoms with Crippen LogP contribution in [0.2, 0.25) is 0 Å². The lowest BCUT2D eigenvalue weighted by atomic mass is 10.2. The zero-order valence-electron chi connectivity index (χ0n) is 13.6. The maximum Gasteiger partial charge on any atom is 0.195 e. The van der Waals surface area contributed by atoms with Crippen molar-refractivity contribution < 1.29 is 28.4 Å². The Hall–Kier alpha value is -2.06. The van der Waals surface area contributed by atoms with Gasteiger partial charge in [0.15, 0.2) is 33.9 Å². The fraction of sp³-hybridized carbons (Fsp3) is 0.333. The van der Waals surface area contributed by atoms with Gasteiger partial charge in [-0.25, -0.2) is 0 Å². The van der Waals surface area contributed by atoms with Gasteiger partial charge in [-0.1, -0.05) is 23.5 Å². The molecular weight excluding hydrogens is 376 g/mol. The number of hydrogen-bond donors (Lipinski definition) is 0. The lowest BCUT2D eigenvalue weighted by Crippen LogP contribution is -2.36. The van der Waals surface area contributed by atoms with Crippen LogP contribution in [0.15, 0.2) is 34.1 Å². The summed E-state index contributed by atoms with van der Waals surface area (Å²) in [6.07, 6.45) is 0. The van der Waals surface area contributed by atoms with Crippen molar-refractivity contribution in [3.05, 3.63) is 24.3 Å². The molecule has 4 aliphatic heterocycles. The van der Waals surface area contributed by atoms with Crippen molar-refractivity contribution >= 4 is 23.5 Å². The van der Waals surface area contributed by atoms with Crippen molar-refractivity contribution in [3.63, 3.8) is 0 Å². The average Bonchev–Trinajstić information content (AvgIpc) is 2.67. The molecule has 0 spiro atoms. The third kappa shape index (κ3) is 2.35. The maximum absolute atomic E-state index is 6.21. The smallest absolute Gasteiger partial charge is 0.195 e. The number of ether oxygens (including phenoxy) is 6. The molecule has 26 heavy (non-hydrogen) atoms. The standard InChI is InChI=1S/C18H14O6S2/c1-3-21-11-7-15-13(5-9(11)19-1)23-17-18(25-15)24-14-6-10-12(8-16(14)26-17)22-4-2-20-10/h5-8,17-18H,1-4H2. The van der Waals surface area contributed by atoms with E-state index in [-0.39, 0.29) is 10.9 Å². The van der Waals surface area contributed by atoms with Crippen LogP contribution in [-0.4, -0.2) is 37.3 Å². The minimum atomic E-state index is -0.148. The van der Waals surface area contributed by atoms with Crippen molar-refractivity contribution in [1.82, 2.24) is 0 Å². The van der Waals surface area contributed by atoms with E-state index in [4.69, 9.17) is 28.4 Å². The largest absolute Gasteiger partial charge is 0.486 e. The first-order valence-electron chi connectivity index (χ1n) is 8.37. The van der Waals surface area contributed by atoms with E-state index < -0.39 is 0 Å². The monoisotopic (exact) mass is 390 g/mol. The normalized spacial score (nSPS) is 24.3. The van der Waals surface area contributed by atoms with Gasteiger partial charge in [-0.2, -0.15) is 0 Å². The van der Waals surface area contributed by atoms with Crippen LogP contribution >= 0.6 is 23.5 Å². The van der Waals surface area contributed by atoms with Crippen LogP contribution < -0.4 is 28.4 Å². The van der Waals surface area contributed by atoms with Gasteiger partial charge >= 0.3 is 0 Å². The van der Waals surface area contributed by atoms with Crippen LogP contribution in [0.5, 0.6) is 34.5 Å². The van der Waals surface area contributed by atoms with Gasteiger partial charge in [-0.05, 0) is 0 Å². The molecule has 0 saturated carbocycles. The van der Waals surface area contributed by atoms with Crippen molar-refractivity contribution in [1.29, 1.82) is 0 Å². The van der Waals surface area contributed by atoms with Crippen LogP contribution in [0.25, 0.3) is 0 Å². The Kier molecular flexibility index (Phi) is 3.31. The molecule has 2 aromatic carbocycles. The summed E-state index contributed by atoms with van der Waals surface area (Å²) in [5.74, 6) is 4.59. The highest BCUT2D eigenvalue weighted by atomic mass is 32.2. The summed E-state index contributed by atoms with van der Waals surface area (Å²) in [6.45, 7) is 2.25. The first kappa shape index (κ1) is 15.0. The fourth-order valence-electron chi connectivity index (χ4n) is 3.24. The Morgan fingerprint density at radius 1 is 0.538 bits per heavy atom. The molecule has 2 unspecified atom stereocenters. The molecule has 0 saturated heterocycles. The Balaban J connectivity index is 1.33. The summed E-state index contributed by atoms with van der Waals surface area (Å²) in [6, 6.07) is 7.76. The van der Waals surface area contributed by atoms with Crippen LogP contribution in [0, 0.1) is 0 Å². The number of benzene rings is 2. The molecule has 0 bridgehead atoms. The molecule has 0 aliphatic carbocycles. The molecule has 0 aromatic heterocycles. The summed E-state index contributed by atoms with van der Waals surface area (Å²) >= 11 is 3.28. The fourth-order valence-corrected chi connectivity index (χ4v) is 5.51. The zero-order valence-corrected chi connectivity index (χ0v) is 15.2. The average molecular weight is 390 g/mol. The summed E-state index contributed by atoms with van der Waals surface area (Å²) in [7, 11) is 0. The van der Waals surface area contributed by atoms with Gasteiger partial charge in [-0.3, -0.25) is 0 Å². The zero-order chi connectivity index (χ0) is 17.1. The van der Waals surface area contributed by atoms with Crippen molar-refractivity contribution in [2.24, 2.45) is 0 Å². The molecule has 134 valence electrons. The third-order valence-corrected chi connectivity index (χ3v) is 6.88. The predicted octanol–water partition coefficient (Wildman–Crippen LogP) is 3.55. The van der Waals surface area contributed by atoms with Crippen molar-refractivity contribution in [2.75, 3.05) is 26.4 Å². The second kappa shape index (κ2) is 5.72. The molecular formula is C18H14O6S2. The topological polar surface area (TPSA) is 55.4 Å². The van der Waals surface area contributed by atoms with E-state index in [0.717, 1.165) is 44.3 Å². The number of hydrogen-bond acceptors (Lipinski definition) is 8. The lowest BCUT2D eigenvalue weighted by Gasteiger charge is -2.37. The van der Waals surface area contributed by atoms with E-state index >= 15 is 0 Å². The molecule has 0 fully saturated rings.